The van der Waals surface area contributed by atoms with E-state index in [4.69, 9.17) is 4.42 Å². The summed E-state index contributed by atoms with van der Waals surface area (Å²) in [5.41, 5.74) is 3.05. The molecule has 3 rings (SSSR count). The number of aromatic nitrogens is 1. The van der Waals surface area contributed by atoms with E-state index in [0.29, 0.717) is 5.92 Å². The Balaban J connectivity index is 2.01. The van der Waals surface area contributed by atoms with E-state index >= 15 is 0 Å². The van der Waals surface area contributed by atoms with Crippen LogP contribution < -0.4 is 0 Å². The first kappa shape index (κ1) is 9.58. The zero-order chi connectivity index (χ0) is 11.0. The molecule has 2 aromatic rings. The maximum Gasteiger partial charge on any atom is 0.200 e. The van der Waals surface area contributed by atoms with Crippen molar-refractivity contribution in [1.82, 2.24) is 4.98 Å². The molecule has 2 heterocycles. The van der Waals surface area contributed by atoms with Gasteiger partial charge in [0.15, 0.2) is 11.5 Å². The van der Waals surface area contributed by atoms with Gasteiger partial charge in [0, 0.05) is 0 Å². The molecule has 0 amide bonds. The molecule has 3 nitrogen and oxygen atoms in total. The normalized spacial score (nSPS) is 20.4. The van der Waals surface area contributed by atoms with Crippen molar-refractivity contribution in [1.29, 1.82) is 0 Å². The number of nitrogens with zero attached hydrogens (tertiary/aromatic N) is 2. The van der Waals surface area contributed by atoms with Gasteiger partial charge in [-0.3, -0.25) is 4.99 Å². The van der Waals surface area contributed by atoms with Gasteiger partial charge >= 0.3 is 0 Å². The van der Waals surface area contributed by atoms with Crippen LogP contribution in [-0.4, -0.2) is 17.7 Å². The third-order valence-corrected chi connectivity index (χ3v) is 3.01. The van der Waals surface area contributed by atoms with E-state index in [2.05, 4.69) is 23.0 Å². The summed E-state index contributed by atoms with van der Waals surface area (Å²) in [7, 11) is 0. The first-order valence-electron chi connectivity index (χ1n) is 5.68. The van der Waals surface area contributed by atoms with Gasteiger partial charge in [-0.15, -0.1) is 0 Å². The molecule has 0 saturated heterocycles. The number of aliphatic imine (C=N–C) groups is 1. The van der Waals surface area contributed by atoms with E-state index < -0.39 is 0 Å². The summed E-state index contributed by atoms with van der Waals surface area (Å²) >= 11 is 0. The molecule has 1 aromatic carbocycles. The first-order chi connectivity index (χ1) is 7.83. The highest BCUT2D eigenvalue weighted by Gasteiger charge is 2.19. The molecule has 1 aliphatic heterocycles. The number of oxazole rings is 1. The summed E-state index contributed by atoms with van der Waals surface area (Å²) in [4.78, 5) is 8.83. The number of fused-ring (bicyclic) bond motifs is 1. The maximum atomic E-state index is 5.80. The lowest BCUT2D eigenvalue weighted by Gasteiger charge is -2.12. The second-order valence-electron chi connectivity index (χ2n) is 4.35. The van der Waals surface area contributed by atoms with Crippen molar-refractivity contribution in [3.05, 3.63) is 29.7 Å². The molecule has 16 heavy (non-hydrogen) atoms. The Bertz CT molecular complexity index is 542. The minimum absolute atomic E-state index is 0.359. The molecule has 1 aliphatic rings. The van der Waals surface area contributed by atoms with Gasteiger partial charge in [0.1, 0.15) is 5.52 Å². The molecule has 1 unspecified atom stereocenters. The third kappa shape index (κ3) is 1.62. The van der Waals surface area contributed by atoms with E-state index in [1.165, 1.54) is 5.56 Å². The van der Waals surface area contributed by atoms with Crippen LogP contribution in [0.2, 0.25) is 0 Å². The molecule has 1 aromatic heterocycles. The van der Waals surface area contributed by atoms with E-state index in [0.717, 1.165) is 36.4 Å². The van der Waals surface area contributed by atoms with Gasteiger partial charge in [0.25, 0.3) is 0 Å². The van der Waals surface area contributed by atoms with Crippen molar-refractivity contribution in [3.63, 3.8) is 0 Å². The lowest BCUT2D eigenvalue weighted by atomic mass is 10.0. The summed E-state index contributed by atoms with van der Waals surface area (Å²) in [5, 5.41) is 0. The SMILES string of the molecule is Cc1ccc2nc(C3CCC=NC3)oc2c1. The molecule has 0 aliphatic carbocycles. The van der Waals surface area contributed by atoms with Crippen molar-refractivity contribution < 1.29 is 4.42 Å². The molecule has 0 radical (unpaired) electrons. The number of hydrogen-bond donors (Lipinski definition) is 0. The predicted molar refractivity (Wildman–Crippen MR) is 64.1 cm³/mol. The van der Waals surface area contributed by atoms with Gasteiger partial charge in [-0.25, -0.2) is 4.98 Å². The third-order valence-electron chi connectivity index (χ3n) is 3.01. The topological polar surface area (TPSA) is 38.4 Å². The molecule has 82 valence electrons. The minimum atomic E-state index is 0.359. The molecule has 3 heteroatoms. The zero-order valence-electron chi connectivity index (χ0n) is 9.31. The average molecular weight is 214 g/mol. The second-order valence-corrected chi connectivity index (χ2v) is 4.35. The van der Waals surface area contributed by atoms with Crippen LogP contribution in [0, 0.1) is 6.92 Å². The highest BCUT2D eigenvalue weighted by atomic mass is 16.3. The Labute approximate surface area is 94.2 Å². The van der Waals surface area contributed by atoms with Crippen molar-refractivity contribution >= 4 is 17.3 Å². The lowest BCUT2D eigenvalue weighted by molar-refractivity contribution is 0.455. The van der Waals surface area contributed by atoms with E-state index in [1.807, 2.05) is 18.3 Å². The van der Waals surface area contributed by atoms with Crippen LogP contribution in [-0.2, 0) is 0 Å². The molecule has 0 spiro atoms. The van der Waals surface area contributed by atoms with E-state index in [-0.39, 0.29) is 0 Å². The summed E-state index contributed by atoms with van der Waals surface area (Å²) in [6, 6.07) is 6.12. The Morgan fingerprint density at radius 1 is 1.38 bits per heavy atom. The highest BCUT2D eigenvalue weighted by Crippen LogP contribution is 2.27. The van der Waals surface area contributed by atoms with Crippen LogP contribution in [0.25, 0.3) is 11.1 Å². The monoisotopic (exact) mass is 214 g/mol. The molecular weight excluding hydrogens is 200 g/mol. The number of hydrogen-bond acceptors (Lipinski definition) is 3. The zero-order valence-corrected chi connectivity index (χ0v) is 9.31. The van der Waals surface area contributed by atoms with Crippen molar-refractivity contribution in [3.8, 4) is 0 Å². The smallest absolute Gasteiger partial charge is 0.200 e. The molecular formula is C13H14N2O. The van der Waals surface area contributed by atoms with Crippen LogP contribution in [0.15, 0.2) is 27.6 Å². The van der Waals surface area contributed by atoms with Gasteiger partial charge in [0.05, 0.1) is 12.5 Å². The fourth-order valence-electron chi connectivity index (χ4n) is 2.09. The molecule has 0 N–H and O–H groups in total. The molecule has 0 bridgehead atoms. The Morgan fingerprint density at radius 2 is 2.31 bits per heavy atom. The second kappa shape index (κ2) is 3.74. The Morgan fingerprint density at radius 3 is 3.12 bits per heavy atom. The highest BCUT2D eigenvalue weighted by molar-refractivity contribution is 5.73. The van der Waals surface area contributed by atoms with Crippen molar-refractivity contribution in [2.75, 3.05) is 6.54 Å². The fraction of sp³-hybridized carbons (Fsp3) is 0.385. The molecule has 0 saturated carbocycles. The van der Waals surface area contributed by atoms with Crippen molar-refractivity contribution in [2.24, 2.45) is 4.99 Å². The van der Waals surface area contributed by atoms with Gasteiger partial charge in [0.2, 0.25) is 0 Å². The Hall–Kier alpha value is -1.64. The van der Waals surface area contributed by atoms with E-state index in [1.54, 1.807) is 0 Å². The number of rotatable bonds is 1. The van der Waals surface area contributed by atoms with Crippen LogP contribution in [0.5, 0.6) is 0 Å². The summed E-state index contributed by atoms with van der Waals surface area (Å²) in [6.07, 6.45) is 4.11. The quantitative estimate of drug-likeness (QED) is 0.731. The van der Waals surface area contributed by atoms with Gasteiger partial charge in [-0.1, -0.05) is 6.07 Å². The predicted octanol–water partition coefficient (Wildman–Crippen LogP) is 3.08. The van der Waals surface area contributed by atoms with Crippen LogP contribution in [0.3, 0.4) is 0 Å². The summed E-state index contributed by atoms with van der Waals surface area (Å²) in [5.74, 6) is 1.20. The van der Waals surface area contributed by atoms with Crippen LogP contribution in [0.4, 0.5) is 0 Å². The maximum absolute atomic E-state index is 5.80. The average Bonchev–Trinajstić information content (AvgIpc) is 2.73. The van der Waals surface area contributed by atoms with Crippen LogP contribution >= 0.6 is 0 Å². The van der Waals surface area contributed by atoms with Crippen LogP contribution in [0.1, 0.15) is 30.2 Å². The summed E-state index contributed by atoms with van der Waals surface area (Å²) < 4.78 is 5.80. The summed E-state index contributed by atoms with van der Waals surface area (Å²) in [6.45, 7) is 2.87. The first-order valence-corrected chi connectivity index (χ1v) is 5.68. The van der Waals surface area contributed by atoms with E-state index in [9.17, 15) is 0 Å². The van der Waals surface area contributed by atoms with Gasteiger partial charge < -0.3 is 4.42 Å². The Kier molecular flexibility index (Phi) is 2.24. The lowest BCUT2D eigenvalue weighted by Crippen LogP contribution is -2.08. The fourth-order valence-corrected chi connectivity index (χ4v) is 2.09. The van der Waals surface area contributed by atoms with Crippen molar-refractivity contribution in [2.45, 2.75) is 25.7 Å². The minimum Gasteiger partial charge on any atom is -0.440 e. The molecule has 0 fully saturated rings. The number of aryl methyl sites for hydroxylation is 1. The largest absolute Gasteiger partial charge is 0.440 e. The number of benzene rings is 1. The standard InChI is InChI=1S/C13H14N2O/c1-9-4-5-11-12(7-9)16-13(15-11)10-3-2-6-14-8-10/h4-7,10H,2-3,8H2,1H3. The van der Waals surface area contributed by atoms with Gasteiger partial charge in [-0.2, -0.15) is 0 Å². The molecule has 1 atom stereocenters. The van der Waals surface area contributed by atoms with Gasteiger partial charge in [-0.05, 0) is 43.7 Å².